The van der Waals surface area contributed by atoms with Crippen LogP contribution < -0.4 is 0 Å². The van der Waals surface area contributed by atoms with E-state index < -0.39 is 6.17 Å². The first-order valence-corrected chi connectivity index (χ1v) is 3.85. The summed E-state index contributed by atoms with van der Waals surface area (Å²) in [6.07, 6.45) is 3.34. The van der Waals surface area contributed by atoms with Crippen LogP contribution in [0.1, 0.15) is 25.7 Å². The summed E-state index contributed by atoms with van der Waals surface area (Å²) in [6, 6.07) is 0. The first-order valence-electron chi connectivity index (χ1n) is 3.18. The van der Waals surface area contributed by atoms with Gasteiger partial charge in [0.15, 0.2) is 0 Å². The zero-order valence-corrected chi connectivity index (χ0v) is 6.09. The zero-order chi connectivity index (χ0) is 5.98. The van der Waals surface area contributed by atoms with Crippen molar-refractivity contribution in [1.29, 1.82) is 0 Å². The van der Waals surface area contributed by atoms with Crippen molar-refractivity contribution in [2.75, 3.05) is 0 Å². The normalized spacial score (nSPS) is 39.8. The summed E-state index contributed by atoms with van der Waals surface area (Å²) in [6.45, 7) is 0. The third-order valence-corrected chi connectivity index (χ3v) is 2.26. The maximum Gasteiger partial charge on any atom is 0.101 e. The second-order valence-corrected chi connectivity index (χ2v) is 3.47. The van der Waals surface area contributed by atoms with Gasteiger partial charge in [-0.25, -0.2) is 4.39 Å². The van der Waals surface area contributed by atoms with E-state index in [0.29, 0.717) is 5.66 Å². The molecule has 8 heavy (non-hydrogen) atoms. The van der Waals surface area contributed by atoms with E-state index in [9.17, 15) is 4.39 Å². The molecular formula is C6H12FP. The number of hydrogen-bond acceptors (Lipinski definition) is 0. The quantitative estimate of drug-likeness (QED) is 0.445. The Morgan fingerprint density at radius 3 is 2.50 bits per heavy atom. The molecule has 3 atom stereocenters. The van der Waals surface area contributed by atoms with Gasteiger partial charge in [0.25, 0.3) is 0 Å². The van der Waals surface area contributed by atoms with Crippen molar-refractivity contribution >= 4 is 9.24 Å². The molecule has 0 spiro atoms. The molecule has 1 fully saturated rings. The van der Waals surface area contributed by atoms with Gasteiger partial charge in [-0.1, -0.05) is 0 Å². The van der Waals surface area contributed by atoms with Gasteiger partial charge >= 0.3 is 0 Å². The van der Waals surface area contributed by atoms with Crippen molar-refractivity contribution in [3.05, 3.63) is 0 Å². The van der Waals surface area contributed by atoms with Crippen molar-refractivity contribution in [3.8, 4) is 0 Å². The molecule has 0 aromatic heterocycles. The lowest BCUT2D eigenvalue weighted by atomic mass is 9.98. The lowest BCUT2D eigenvalue weighted by Gasteiger charge is -2.19. The highest BCUT2D eigenvalue weighted by Gasteiger charge is 2.16. The molecule has 0 bridgehead atoms. The molecule has 1 aliphatic rings. The van der Waals surface area contributed by atoms with Crippen LogP contribution in [0.2, 0.25) is 0 Å². The molecule has 0 N–H and O–H groups in total. The third-order valence-electron chi connectivity index (χ3n) is 1.65. The minimum Gasteiger partial charge on any atom is -0.247 e. The lowest BCUT2D eigenvalue weighted by Crippen LogP contribution is -2.14. The molecule has 1 aliphatic carbocycles. The molecule has 0 aromatic rings. The first-order chi connectivity index (χ1) is 3.79. The summed E-state index contributed by atoms with van der Waals surface area (Å²) in [5, 5.41) is 0. The smallest absolute Gasteiger partial charge is 0.101 e. The van der Waals surface area contributed by atoms with Gasteiger partial charge in [-0.05, 0) is 31.3 Å². The maximum absolute atomic E-state index is 12.4. The second kappa shape index (κ2) is 2.77. The molecule has 0 heterocycles. The Balaban J connectivity index is 2.23. The van der Waals surface area contributed by atoms with E-state index in [4.69, 9.17) is 0 Å². The molecular weight excluding hydrogens is 122 g/mol. The van der Waals surface area contributed by atoms with Gasteiger partial charge in [0.1, 0.15) is 6.17 Å². The van der Waals surface area contributed by atoms with Gasteiger partial charge in [-0.2, -0.15) is 0 Å². The molecule has 1 rings (SSSR count). The maximum atomic E-state index is 12.4. The number of rotatable bonds is 0. The van der Waals surface area contributed by atoms with Crippen LogP contribution in [-0.2, 0) is 0 Å². The van der Waals surface area contributed by atoms with Crippen LogP contribution in [0.5, 0.6) is 0 Å². The fraction of sp³-hybridized carbons (Fsp3) is 1.00. The van der Waals surface area contributed by atoms with E-state index in [0.717, 1.165) is 19.3 Å². The Morgan fingerprint density at radius 1 is 1.38 bits per heavy atom. The standard InChI is InChI=1S/C6H12FP/c7-5-2-1-3-6(8)4-5/h5-6H,1-4,8H2. The van der Waals surface area contributed by atoms with Crippen LogP contribution in [0.4, 0.5) is 4.39 Å². The molecule has 3 unspecified atom stereocenters. The Kier molecular flexibility index (Phi) is 2.25. The molecule has 0 saturated heterocycles. The largest absolute Gasteiger partial charge is 0.247 e. The monoisotopic (exact) mass is 134 g/mol. The van der Waals surface area contributed by atoms with Gasteiger partial charge in [0.05, 0.1) is 0 Å². The summed E-state index contributed by atoms with van der Waals surface area (Å²) in [4.78, 5) is 0. The predicted molar refractivity (Wildman–Crippen MR) is 36.9 cm³/mol. The number of alkyl halides is 1. The van der Waals surface area contributed by atoms with E-state index in [1.165, 1.54) is 6.42 Å². The van der Waals surface area contributed by atoms with E-state index in [1.54, 1.807) is 0 Å². The van der Waals surface area contributed by atoms with E-state index >= 15 is 0 Å². The summed E-state index contributed by atoms with van der Waals surface area (Å²) in [7, 11) is 2.69. The predicted octanol–water partition coefficient (Wildman–Crippen LogP) is 2.14. The molecule has 0 radical (unpaired) electrons. The Hall–Kier alpha value is 0.360. The van der Waals surface area contributed by atoms with Gasteiger partial charge < -0.3 is 0 Å². The average molecular weight is 134 g/mol. The fourth-order valence-corrected chi connectivity index (χ4v) is 1.70. The number of hydrogen-bond donors (Lipinski definition) is 0. The van der Waals surface area contributed by atoms with E-state index in [1.807, 2.05) is 0 Å². The topological polar surface area (TPSA) is 0 Å². The van der Waals surface area contributed by atoms with Crippen LogP contribution in [-0.4, -0.2) is 11.8 Å². The molecule has 2 heteroatoms. The van der Waals surface area contributed by atoms with Gasteiger partial charge in [-0.15, -0.1) is 9.24 Å². The second-order valence-electron chi connectivity index (χ2n) is 2.52. The van der Waals surface area contributed by atoms with E-state index in [2.05, 4.69) is 9.24 Å². The Bertz CT molecular complexity index is 66.9. The van der Waals surface area contributed by atoms with Gasteiger partial charge in [0, 0.05) is 0 Å². The summed E-state index contributed by atoms with van der Waals surface area (Å²) >= 11 is 0. The molecule has 1 saturated carbocycles. The Labute approximate surface area is 52.1 Å². The molecule has 0 aliphatic heterocycles. The fourth-order valence-electron chi connectivity index (χ4n) is 1.17. The van der Waals surface area contributed by atoms with Crippen LogP contribution in [0.15, 0.2) is 0 Å². The van der Waals surface area contributed by atoms with Crippen LogP contribution in [0, 0.1) is 0 Å². The Morgan fingerprint density at radius 2 is 2.12 bits per heavy atom. The lowest BCUT2D eigenvalue weighted by molar-refractivity contribution is 0.256. The van der Waals surface area contributed by atoms with Crippen molar-refractivity contribution in [2.24, 2.45) is 0 Å². The molecule has 0 amide bonds. The van der Waals surface area contributed by atoms with Crippen molar-refractivity contribution in [1.82, 2.24) is 0 Å². The van der Waals surface area contributed by atoms with Crippen LogP contribution in [0.3, 0.4) is 0 Å². The van der Waals surface area contributed by atoms with Crippen molar-refractivity contribution < 1.29 is 4.39 Å². The highest BCUT2D eigenvalue weighted by molar-refractivity contribution is 7.17. The molecule has 48 valence electrons. The summed E-state index contributed by atoms with van der Waals surface area (Å²) in [5.74, 6) is 0. The van der Waals surface area contributed by atoms with Crippen LogP contribution >= 0.6 is 9.24 Å². The molecule has 0 aromatic carbocycles. The van der Waals surface area contributed by atoms with E-state index in [-0.39, 0.29) is 0 Å². The van der Waals surface area contributed by atoms with Crippen LogP contribution in [0.25, 0.3) is 0 Å². The third kappa shape index (κ3) is 1.70. The highest BCUT2D eigenvalue weighted by Crippen LogP contribution is 2.25. The summed E-state index contributed by atoms with van der Waals surface area (Å²) < 4.78 is 12.4. The minimum atomic E-state index is -0.508. The van der Waals surface area contributed by atoms with Gasteiger partial charge in [-0.3, -0.25) is 0 Å². The highest BCUT2D eigenvalue weighted by atomic mass is 31.0. The van der Waals surface area contributed by atoms with Crippen molar-refractivity contribution in [3.63, 3.8) is 0 Å². The molecule has 0 nitrogen and oxygen atoms in total. The first kappa shape index (κ1) is 6.48. The average Bonchev–Trinajstić information content (AvgIpc) is 1.64. The number of halogens is 1. The van der Waals surface area contributed by atoms with Crippen molar-refractivity contribution in [2.45, 2.75) is 37.5 Å². The SMILES string of the molecule is FC1CCCC(P)C1. The minimum absolute atomic E-state index is 0.508. The zero-order valence-electron chi connectivity index (χ0n) is 4.94. The van der Waals surface area contributed by atoms with Gasteiger partial charge in [0.2, 0.25) is 0 Å². The summed E-state index contributed by atoms with van der Waals surface area (Å²) in [5.41, 5.74) is 0.554.